The number of likely N-dealkylation sites (tertiary alicyclic amines) is 1. The average Bonchev–Trinajstić information content (AvgIpc) is 3.40. The number of fused-ring (bicyclic) bond motifs is 1. The van der Waals surface area contributed by atoms with Gasteiger partial charge in [-0.05, 0) is 79.3 Å². The third-order valence-corrected chi connectivity index (χ3v) is 8.52. The molecule has 3 atom stereocenters. The first-order valence-electron chi connectivity index (χ1n) is 14.5. The van der Waals surface area contributed by atoms with Crippen LogP contribution in [0.3, 0.4) is 0 Å². The van der Waals surface area contributed by atoms with Gasteiger partial charge in [0.1, 0.15) is 18.1 Å². The van der Waals surface area contributed by atoms with Gasteiger partial charge in [-0.15, -0.1) is 0 Å². The van der Waals surface area contributed by atoms with Crippen LogP contribution in [0.1, 0.15) is 48.0 Å². The van der Waals surface area contributed by atoms with Gasteiger partial charge in [0, 0.05) is 6.04 Å². The molecule has 0 spiro atoms. The third kappa shape index (κ3) is 7.22. The van der Waals surface area contributed by atoms with E-state index in [4.69, 9.17) is 25.8 Å². The molecule has 2 fully saturated rings. The molecule has 9 nitrogen and oxygen atoms in total. The molecule has 1 saturated heterocycles. The van der Waals surface area contributed by atoms with Gasteiger partial charge in [0.05, 0.1) is 48.6 Å². The van der Waals surface area contributed by atoms with E-state index in [1.807, 2.05) is 11.0 Å². The molecule has 0 bridgehead atoms. The Morgan fingerprint density at radius 3 is 2.42 bits per heavy atom. The first-order chi connectivity index (χ1) is 20.9. The van der Waals surface area contributed by atoms with Gasteiger partial charge in [-0.2, -0.15) is 0 Å². The summed E-state index contributed by atoms with van der Waals surface area (Å²) in [5.74, 6) is 1.20. The van der Waals surface area contributed by atoms with Crippen LogP contribution in [0.2, 0.25) is 5.02 Å². The van der Waals surface area contributed by atoms with E-state index in [0.717, 1.165) is 31.2 Å². The number of rotatable bonds is 9. The zero-order valence-electron chi connectivity index (χ0n) is 24.3. The molecule has 10 heteroatoms. The van der Waals surface area contributed by atoms with E-state index in [1.54, 1.807) is 60.7 Å². The summed E-state index contributed by atoms with van der Waals surface area (Å²) in [6.45, 7) is 0.378. The van der Waals surface area contributed by atoms with E-state index in [2.05, 4.69) is 10.6 Å². The fourth-order valence-corrected chi connectivity index (χ4v) is 6.33. The maximum absolute atomic E-state index is 13.8. The van der Waals surface area contributed by atoms with Crippen molar-refractivity contribution in [3.63, 3.8) is 0 Å². The van der Waals surface area contributed by atoms with Crippen LogP contribution in [0, 0.1) is 5.92 Å². The second kappa shape index (κ2) is 13.8. The number of ether oxygens (including phenoxy) is 3. The lowest BCUT2D eigenvalue weighted by Gasteiger charge is -2.34. The summed E-state index contributed by atoms with van der Waals surface area (Å²) in [6, 6.07) is 18.9. The maximum atomic E-state index is 13.8. The summed E-state index contributed by atoms with van der Waals surface area (Å²) >= 11 is 6.15. The van der Waals surface area contributed by atoms with Crippen molar-refractivity contribution in [2.24, 2.45) is 5.92 Å². The quantitative estimate of drug-likeness (QED) is 0.268. The zero-order chi connectivity index (χ0) is 30.3. The van der Waals surface area contributed by atoms with Crippen LogP contribution in [-0.2, 0) is 16.0 Å². The first kappa shape index (κ1) is 30.2. The van der Waals surface area contributed by atoms with Crippen LogP contribution in [0.25, 0.3) is 0 Å². The van der Waals surface area contributed by atoms with Crippen LogP contribution in [0.15, 0.2) is 66.7 Å². The van der Waals surface area contributed by atoms with Crippen LogP contribution < -0.4 is 20.1 Å². The largest absolute Gasteiger partial charge is 0.495 e. The van der Waals surface area contributed by atoms with Crippen LogP contribution >= 0.6 is 11.6 Å². The molecule has 2 N–H and O–H groups in total. The molecule has 3 aromatic carbocycles. The highest BCUT2D eigenvalue weighted by atomic mass is 35.5. The SMILES string of the molecule is COC(=O)c1ccc(OC[C@@H]2CC3CCCCC3N2C(=O)Cc2ccc(NC(=O)Nc3ccccc3Cl)c(OC)c2)cc1. The topological polar surface area (TPSA) is 106 Å². The average molecular weight is 606 g/mol. The number of carbonyl (C=O) groups excluding carboxylic acids is 3. The molecule has 5 rings (SSSR count). The van der Waals surface area contributed by atoms with Gasteiger partial charge >= 0.3 is 12.0 Å². The Labute approximate surface area is 256 Å². The molecule has 0 radical (unpaired) electrons. The monoisotopic (exact) mass is 605 g/mol. The van der Waals surface area contributed by atoms with Crippen molar-refractivity contribution in [3.8, 4) is 11.5 Å². The van der Waals surface area contributed by atoms with Crippen LogP contribution in [-0.4, -0.2) is 55.7 Å². The maximum Gasteiger partial charge on any atom is 0.337 e. The van der Waals surface area contributed by atoms with Crippen LogP contribution in [0.5, 0.6) is 11.5 Å². The second-order valence-corrected chi connectivity index (χ2v) is 11.3. The van der Waals surface area contributed by atoms with E-state index >= 15 is 0 Å². The molecular formula is C33H36ClN3O6. The Kier molecular flexibility index (Phi) is 9.72. The minimum Gasteiger partial charge on any atom is -0.495 e. The van der Waals surface area contributed by atoms with Crippen LogP contribution in [0.4, 0.5) is 16.2 Å². The fourth-order valence-electron chi connectivity index (χ4n) is 6.15. The number of urea groups is 1. The van der Waals surface area contributed by atoms with Gasteiger partial charge in [-0.1, -0.05) is 42.6 Å². The van der Waals surface area contributed by atoms with E-state index in [1.165, 1.54) is 20.6 Å². The van der Waals surface area contributed by atoms with E-state index in [-0.39, 0.29) is 24.4 Å². The molecule has 3 amide bonds. The summed E-state index contributed by atoms with van der Waals surface area (Å²) in [5, 5.41) is 5.95. The number of halogens is 1. The number of nitrogens with one attached hydrogen (secondary N) is 2. The van der Waals surface area contributed by atoms with Gasteiger partial charge in [0.15, 0.2) is 0 Å². The van der Waals surface area contributed by atoms with E-state index < -0.39 is 12.0 Å². The van der Waals surface area contributed by atoms with E-state index in [9.17, 15) is 14.4 Å². The highest BCUT2D eigenvalue weighted by molar-refractivity contribution is 6.33. The Bertz CT molecular complexity index is 1460. The van der Waals surface area contributed by atoms with Gasteiger partial charge in [-0.25, -0.2) is 9.59 Å². The number of benzene rings is 3. The Morgan fingerprint density at radius 1 is 0.930 bits per heavy atom. The molecule has 1 heterocycles. The molecule has 1 aliphatic carbocycles. The van der Waals surface area contributed by atoms with Gasteiger partial charge in [-0.3, -0.25) is 4.79 Å². The molecule has 2 unspecified atom stereocenters. The Balaban J connectivity index is 1.25. The highest BCUT2D eigenvalue weighted by Gasteiger charge is 2.44. The number of carbonyl (C=O) groups is 3. The Hall–Kier alpha value is -4.24. The fraction of sp³-hybridized carbons (Fsp3) is 0.364. The molecule has 2 aliphatic rings. The van der Waals surface area contributed by atoms with Gasteiger partial charge in [0.2, 0.25) is 5.91 Å². The lowest BCUT2D eigenvalue weighted by Crippen LogP contribution is -2.46. The molecule has 1 saturated carbocycles. The minimum atomic E-state index is -0.460. The predicted molar refractivity (Wildman–Crippen MR) is 165 cm³/mol. The molecular weight excluding hydrogens is 570 g/mol. The third-order valence-electron chi connectivity index (χ3n) is 8.19. The number of nitrogens with zero attached hydrogens (tertiary/aromatic N) is 1. The summed E-state index contributed by atoms with van der Waals surface area (Å²) in [7, 11) is 2.87. The van der Waals surface area contributed by atoms with E-state index in [0.29, 0.717) is 46.0 Å². The lowest BCUT2D eigenvalue weighted by atomic mass is 9.84. The number of amides is 3. The van der Waals surface area contributed by atoms with Crippen molar-refractivity contribution in [1.82, 2.24) is 4.90 Å². The van der Waals surface area contributed by atoms with Crippen molar-refractivity contribution < 1.29 is 28.6 Å². The normalized spacial score (nSPS) is 19.2. The number of hydrogen-bond donors (Lipinski definition) is 2. The molecule has 1 aliphatic heterocycles. The van der Waals surface area contributed by atoms with Gasteiger partial charge < -0.3 is 29.7 Å². The molecule has 226 valence electrons. The number of methoxy groups -OCH3 is 2. The highest BCUT2D eigenvalue weighted by Crippen LogP contribution is 2.40. The number of para-hydroxylation sites is 1. The molecule has 3 aromatic rings. The lowest BCUT2D eigenvalue weighted by molar-refractivity contribution is -0.134. The zero-order valence-corrected chi connectivity index (χ0v) is 25.1. The predicted octanol–water partition coefficient (Wildman–Crippen LogP) is 6.56. The van der Waals surface area contributed by atoms with Crippen molar-refractivity contribution in [2.75, 3.05) is 31.5 Å². The van der Waals surface area contributed by atoms with Crippen molar-refractivity contribution in [3.05, 3.63) is 82.9 Å². The summed E-state index contributed by atoms with van der Waals surface area (Å²) in [6.07, 6.45) is 5.51. The summed E-state index contributed by atoms with van der Waals surface area (Å²) in [4.78, 5) is 40.2. The summed E-state index contributed by atoms with van der Waals surface area (Å²) < 4.78 is 16.4. The van der Waals surface area contributed by atoms with Crippen molar-refractivity contribution >= 4 is 40.9 Å². The molecule has 0 aromatic heterocycles. The van der Waals surface area contributed by atoms with Crippen molar-refractivity contribution in [2.45, 2.75) is 50.6 Å². The first-order valence-corrected chi connectivity index (χ1v) is 14.9. The Morgan fingerprint density at radius 2 is 1.67 bits per heavy atom. The standard InChI is InChI=1S/C33H36ClN3O6/c1-41-30-17-21(11-16-28(30)36-33(40)35-27-9-5-4-8-26(27)34)18-31(38)37-24(19-23-7-3-6-10-29(23)37)20-43-25-14-12-22(13-15-25)32(39)42-2/h4-5,8-9,11-17,23-24,29H,3,6-7,10,18-20H2,1-2H3,(H2,35,36,40)/t23?,24-,29?/m0/s1. The minimum absolute atomic E-state index is 0.0442. The second-order valence-electron chi connectivity index (χ2n) is 10.9. The number of hydrogen-bond acceptors (Lipinski definition) is 6. The number of anilines is 2. The summed E-state index contributed by atoms with van der Waals surface area (Å²) in [5.41, 5.74) is 2.21. The van der Waals surface area contributed by atoms with Crippen molar-refractivity contribution in [1.29, 1.82) is 0 Å². The number of esters is 1. The smallest absolute Gasteiger partial charge is 0.337 e. The molecule has 43 heavy (non-hydrogen) atoms. The van der Waals surface area contributed by atoms with Gasteiger partial charge in [0.25, 0.3) is 0 Å².